The summed E-state index contributed by atoms with van der Waals surface area (Å²) < 4.78 is 30.9. The number of hydrogen-bond donors (Lipinski definition) is 2. The number of sulfonamides is 1. The van der Waals surface area contributed by atoms with Gasteiger partial charge >= 0.3 is 5.76 Å². The first kappa shape index (κ1) is 11.9. The van der Waals surface area contributed by atoms with Crippen LogP contribution in [0.15, 0.2) is 32.3 Å². The molecule has 0 amide bonds. The molecule has 0 saturated heterocycles. The van der Waals surface area contributed by atoms with Gasteiger partial charge in [0.1, 0.15) is 0 Å². The highest BCUT2D eigenvalue weighted by Gasteiger charge is 2.14. The summed E-state index contributed by atoms with van der Waals surface area (Å²) in [5, 5.41) is 0. The number of rotatable bonds is 4. The van der Waals surface area contributed by atoms with Gasteiger partial charge in [-0.3, -0.25) is 4.98 Å². The largest absolute Gasteiger partial charge is 0.417 e. The third kappa shape index (κ3) is 2.40. The van der Waals surface area contributed by atoms with Gasteiger partial charge in [0.05, 0.1) is 10.4 Å². The third-order valence-electron chi connectivity index (χ3n) is 2.24. The molecule has 0 aliphatic rings. The third-order valence-corrected chi connectivity index (χ3v) is 3.70. The summed E-state index contributed by atoms with van der Waals surface area (Å²) >= 11 is 0. The zero-order valence-corrected chi connectivity index (χ0v) is 10.0. The number of aromatic nitrogens is 1. The summed E-state index contributed by atoms with van der Waals surface area (Å²) in [6, 6.07) is 4.23. The lowest BCUT2D eigenvalue weighted by molar-refractivity contribution is 0.555. The Balaban J connectivity index is 2.45. The number of nitrogens with one attached hydrogen (secondary N) is 2. The van der Waals surface area contributed by atoms with Gasteiger partial charge in [-0.15, -0.1) is 0 Å². The van der Waals surface area contributed by atoms with Gasteiger partial charge in [-0.25, -0.2) is 17.9 Å². The summed E-state index contributed by atoms with van der Waals surface area (Å²) in [4.78, 5) is 13.5. The Morgan fingerprint density at radius 3 is 2.88 bits per heavy atom. The van der Waals surface area contributed by atoms with Crippen LogP contribution in [0, 0.1) is 0 Å². The highest BCUT2D eigenvalue weighted by atomic mass is 32.2. The first-order chi connectivity index (χ1) is 8.03. The van der Waals surface area contributed by atoms with Crippen molar-refractivity contribution in [2.45, 2.75) is 18.2 Å². The van der Waals surface area contributed by atoms with Gasteiger partial charge in [0.2, 0.25) is 10.0 Å². The number of hydrogen-bond acceptors (Lipinski definition) is 4. The molecule has 92 valence electrons. The van der Waals surface area contributed by atoms with Crippen molar-refractivity contribution in [1.82, 2.24) is 9.71 Å². The van der Waals surface area contributed by atoms with E-state index in [0.29, 0.717) is 24.1 Å². The lowest BCUT2D eigenvalue weighted by Crippen LogP contribution is -2.24. The van der Waals surface area contributed by atoms with Gasteiger partial charge in [0, 0.05) is 6.54 Å². The Morgan fingerprint density at radius 2 is 2.18 bits per heavy atom. The van der Waals surface area contributed by atoms with E-state index >= 15 is 0 Å². The van der Waals surface area contributed by atoms with Crippen molar-refractivity contribution in [3.63, 3.8) is 0 Å². The standard InChI is InChI=1S/C10H12N2O4S/c1-2-5-11-17(14,15)7-3-4-9-8(6-7)12-10(13)16-9/h3-4,6,11H,2,5H2,1H3,(H,12,13). The number of oxazole rings is 1. The van der Waals surface area contributed by atoms with Crippen LogP contribution in [-0.4, -0.2) is 19.9 Å². The summed E-state index contributed by atoms with van der Waals surface area (Å²) in [5.41, 5.74) is 0.707. The quantitative estimate of drug-likeness (QED) is 0.846. The Labute approximate surface area is 97.7 Å². The summed E-state index contributed by atoms with van der Waals surface area (Å²) in [6.45, 7) is 2.25. The van der Waals surface area contributed by atoms with Crippen molar-refractivity contribution in [3.8, 4) is 0 Å². The minimum Gasteiger partial charge on any atom is -0.408 e. The second-order valence-corrected chi connectivity index (χ2v) is 5.34. The van der Waals surface area contributed by atoms with Crippen LogP contribution in [0.3, 0.4) is 0 Å². The van der Waals surface area contributed by atoms with Gasteiger partial charge in [0.25, 0.3) is 0 Å². The SMILES string of the molecule is CCCNS(=O)(=O)c1ccc2oc(=O)[nH]c2c1. The Bertz CT molecular complexity index is 684. The van der Waals surface area contributed by atoms with Gasteiger partial charge < -0.3 is 4.42 Å². The van der Waals surface area contributed by atoms with E-state index in [9.17, 15) is 13.2 Å². The number of aromatic amines is 1. The summed E-state index contributed by atoms with van der Waals surface area (Å²) in [6.07, 6.45) is 0.712. The average Bonchev–Trinajstić information content (AvgIpc) is 2.65. The molecular weight excluding hydrogens is 244 g/mol. The highest BCUT2D eigenvalue weighted by molar-refractivity contribution is 7.89. The predicted octanol–water partition coefficient (Wildman–Crippen LogP) is 0.809. The molecule has 17 heavy (non-hydrogen) atoms. The van der Waals surface area contributed by atoms with Crippen molar-refractivity contribution < 1.29 is 12.8 Å². The van der Waals surface area contributed by atoms with E-state index in [-0.39, 0.29) is 4.90 Å². The smallest absolute Gasteiger partial charge is 0.408 e. The molecule has 0 bridgehead atoms. The van der Waals surface area contributed by atoms with E-state index in [1.807, 2.05) is 6.92 Å². The Hall–Kier alpha value is -1.60. The molecule has 0 atom stereocenters. The highest BCUT2D eigenvalue weighted by Crippen LogP contribution is 2.16. The lowest BCUT2D eigenvalue weighted by atomic mass is 10.3. The molecule has 7 heteroatoms. The lowest BCUT2D eigenvalue weighted by Gasteiger charge is -2.04. The minimum atomic E-state index is -3.52. The first-order valence-corrected chi connectivity index (χ1v) is 6.64. The van der Waals surface area contributed by atoms with Gasteiger partial charge in [0.15, 0.2) is 5.58 Å². The fourth-order valence-electron chi connectivity index (χ4n) is 1.42. The molecule has 2 aromatic rings. The van der Waals surface area contributed by atoms with E-state index in [4.69, 9.17) is 4.42 Å². The molecule has 2 N–H and O–H groups in total. The van der Waals surface area contributed by atoms with Crippen LogP contribution >= 0.6 is 0 Å². The zero-order valence-electron chi connectivity index (χ0n) is 9.19. The number of benzene rings is 1. The van der Waals surface area contributed by atoms with Crippen molar-refractivity contribution in [2.75, 3.05) is 6.54 Å². The molecule has 0 fully saturated rings. The van der Waals surface area contributed by atoms with Crippen LogP contribution in [0.4, 0.5) is 0 Å². The molecule has 0 aliphatic heterocycles. The monoisotopic (exact) mass is 256 g/mol. The van der Waals surface area contributed by atoms with Crippen molar-refractivity contribution in [3.05, 3.63) is 28.7 Å². The van der Waals surface area contributed by atoms with Crippen LogP contribution in [0.1, 0.15) is 13.3 Å². The molecule has 0 spiro atoms. The van der Waals surface area contributed by atoms with E-state index in [0.717, 1.165) is 0 Å². The zero-order chi connectivity index (χ0) is 12.5. The van der Waals surface area contributed by atoms with Crippen LogP contribution in [0.5, 0.6) is 0 Å². The van der Waals surface area contributed by atoms with Crippen molar-refractivity contribution in [1.29, 1.82) is 0 Å². The van der Waals surface area contributed by atoms with Crippen LogP contribution in [0.25, 0.3) is 11.1 Å². The first-order valence-electron chi connectivity index (χ1n) is 5.15. The number of H-pyrrole nitrogens is 1. The molecule has 0 unspecified atom stereocenters. The topological polar surface area (TPSA) is 92.2 Å². The van der Waals surface area contributed by atoms with Crippen molar-refractivity contribution in [2.24, 2.45) is 0 Å². The molecule has 2 rings (SSSR count). The Kier molecular flexibility index (Phi) is 3.03. The van der Waals surface area contributed by atoms with Gasteiger partial charge in [-0.1, -0.05) is 6.92 Å². The second kappa shape index (κ2) is 4.34. The summed E-state index contributed by atoms with van der Waals surface area (Å²) in [5.74, 6) is -0.601. The molecule has 6 nitrogen and oxygen atoms in total. The second-order valence-electron chi connectivity index (χ2n) is 3.57. The van der Waals surface area contributed by atoms with Gasteiger partial charge in [-0.05, 0) is 24.6 Å². The van der Waals surface area contributed by atoms with E-state index in [1.165, 1.54) is 18.2 Å². The predicted molar refractivity (Wildman–Crippen MR) is 62.3 cm³/mol. The average molecular weight is 256 g/mol. The fraction of sp³-hybridized carbons (Fsp3) is 0.300. The normalized spacial score (nSPS) is 12.1. The van der Waals surface area contributed by atoms with E-state index in [2.05, 4.69) is 9.71 Å². The van der Waals surface area contributed by atoms with Gasteiger partial charge in [-0.2, -0.15) is 0 Å². The molecule has 1 heterocycles. The fourth-order valence-corrected chi connectivity index (χ4v) is 2.58. The minimum absolute atomic E-state index is 0.107. The number of fused-ring (bicyclic) bond motifs is 1. The maximum absolute atomic E-state index is 11.8. The maximum atomic E-state index is 11.8. The molecule has 0 aliphatic carbocycles. The molecule has 1 aromatic carbocycles. The van der Waals surface area contributed by atoms with E-state index in [1.54, 1.807) is 0 Å². The van der Waals surface area contributed by atoms with Crippen LogP contribution in [0.2, 0.25) is 0 Å². The van der Waals surface area contributed by atoms with Crippen LogP contribution in [-0.2, 0) is 10.0 Å². The molecule has 0 radical (unpaired) electrons. The van der Waals surface area contributed by atoms with Crippen molar-refractivity contribution >= 4 is 21.1 Å². The van der Waals surface area contributed by atoms with Crippen LogP contribution < -0.4 is 10.5 Å². The Morgan fingerprint density at radius 1 is 1.41 bits per heavy atom. The molecule has 0 saturated carbocycles. The van der Waals surface area contributed by atoms with E-state index < -0.39 is 15.8 Å². The molecule has 1 aromatic heterocycles. The molecular formula is C10H12N2O4S. The summed E-state index contributed by atoms with van der Waals surface area (Å²) in [7, 11) is -3.52. The maximum Gasteiger partial charge on any atom is 0.417 e.